The van der Waals surface area contributed by atoms with Gasteiger partial charge in [0.1, 0.15) is 0 Å². The van der Waals surface area contributed by atoms with Crippen LogP contribution in [0.1, 0.15) is 35.6 Å². The topological polar surface area (TPSA) is 40.2 Å². The number of para-hydroxylation sites is 1. The van der Waals surface area contributed by atoms with E-state index in [1.807, 2.05) is 36.4 Å². The van der Waals surface area contributed by atoms with Crippen molar-refractivity contribution in [1.29, 1.82) is 0 Å². The monoisotopic (exact) mass is 562 g/mol. The minimum Gasteiger partial charge on any atom is -0.354 e. The highest BCUT2D eigenvalue weighted by molar-refractivity contribution is 7.80. The molecule has 3 aliphatic rings. The third-order valence-electron chi connectivity index (χ3n) is 8.48. The van der Waals surface area contributed by atoms with Crippen LogP contribution >= 0.6 is 12.2 Å². The molecule has 1 saturated carbocycles. The first kappa shape index (κ1) is 26.1. The fourth-order valence-electron chi connectivity index (χ4n) is 6.84. The Labute approximate surface area is 226 Å². The van der Waals surface area contributed by atoms with E-state index in [1.165, 1.54) is 0 Å². The number of fused-ring (bicyclic) bond motifs is 1. The number of thiocarbonyl (C=S) groups is 1. The largest absolute Gasteiger partial charge is 0.416 e. The number of hydrogen-bond donors (Lipinski definition) is 2. The molecule has 2 saturated heterocycles. The molecule has 0 amide bonds. The van der Waals surface area contributed by atoms with Crippen molar-refractivity contribution in [3.05, 3.63) is 84.1 Å². The first-order valence-corrected chi connectivity index (χ1v) is 12.9. The van der Waals surface area contributed by atoms with Gasteiger partial charge in [0, 0.05) is 28.9 Å². The lowest BCUT2D eigenvalue weighted by Crippen LogP contribution is -2.62. The Morgan fingerprint density at radius 1 is 1.08 bits per heavy atom. The Morgan fingerprint density at radius 3 is 2.41 bits per heavy atom. The van der Waals surface area contributed by atoms with E-state index >= 15 is 0 Å². The van der Waals surface area contributed by atoms with Gasteiger partial charge in [-0.3, -0.25) is 9.88 Å². The summed E-state index contributed by atoms with van der Waals surface area (Å²) in [7, 11) is 0. The van der Waals surface area contributed by atoms with E-state index in [0.717, 1.165) is 35.9 Å². The van der Waals surface area contributed by atoms with Gasteiger partial charge in [-0.05, 0) is 79.3 Å². The third-order valence-corrected chi connectivity index (χ3v) is 8.70. The number of benzene rings is 2. The Hall–Kier alpha value is -3.18. The number of hydrogen-bond acceptors (Lipinski definition) is 3. The molecular formula is C28H24F6N4S. The number of halogens is 6. The van der Waals surface area contributed by atoms with Gasteiger partial charge in [-0.1, -0.05) is 24.3 Å². The van der Waals surface area contributed by atoms with Crippen LogP contribution in [0.3, 0.4) is 0 Å². The van der Waals surface area contributed by atoms with Gasteiger partial charge in [0.15, 0.2) is 5.11 Å². The number of rotatable bonds is 5. The van der Waals surface area contributed by atoms with Crippen LogP contribution in [0.4, 0.5) is 32.0 Å². The summed E-state index contributed by atoms with van der Waals surface area (Å²) in [5.41, 5.74) is -1.44. The van der Waals surface area contributed by atoms with Crippen LogP contribution in [0.15, 0.2) is 67.4 Å². The summed E-state index contributed by atoms with van der Waals surface area (Å²) in [6.07, 6.45) is -4.27. The second-order valence-electron chi connectivity index (χ2n) is 10.4. The van der Waals surface area contributed by atoms with Crippen LogP contribution in [0.5, 0.6) is 0 Å². The normalized spacial score (nSPS) is 26.8. The smallest absolute Gasteiger partial charge is 0.354 e. The Balaban J connectivity index is 1.32. The molecule has 0 radical (unpaired) electrons. The highest BCUT2D eigenvalue weighted by Crippen LogP contribution is 2.71. The van der Waals surface area contributed by atoms with Crippen molar-refractivity contribution in [3.8, 4) is 0 Å². The molecule has 2 aromatic carbocycles. The average molecular weight is 563 g/mol. The number of piperidine rings is 1. The molecular weight excluding hydrogens is 538 g/mol. The second-order valence-corrected chi connectivity index (χ2v) is 10.8. The van der Waals surface area contributed by atoms with E-state index in [-0.39, 0.29) is 28.8 Å². The molecule has 2 N–H and O–H groups in total. The number of alkyl halides is 6. The van der Waals surface area contributed by atoms with E-state index in [0.29, 0.717) is 24.0 Å². The van der Waals surface area contributed by atoms with Gasteiger partial charge in [0.25, 0.3) is 0 Å². The number of nitrogens with zero attached hydrogens (tertiary/aromatic N) is 2. The number of anilines is 1. The molecule has 3 aromatic rings. The lowest BCUT2D eigenvalue weighted by molar-refractivity contribution is -0.143. The molecule has 4 nitrogen and oxygen atoms in total. The zero-order valence-electron chi connectivity index (χ0n) is 20.5. The van der Waals surface area contributed by atoms with Crippen molar-refractivity contribution in [2.24, 2.45) is 11.8 Å². The standard InChI is InChI=1S/C28H24F6N4S/c1-2-20-21-8-10-38-23(14-26(20,21)38)24(19-7-9-35-22-6-4-3-5-18(19)22)37-25(39)36-17-12-15(27(29,30)31)11-16(13-17)28(32,33)34/h2-7,9,11-13,20-21,23-24H,1,8,10,14H2,(H2,36,37,39)/t20?,21?,23-,24-,26?/m1/s1. The fourth-order valence-corrected chi connectivity index (χ4v) is 7.08. The number of pyridine rings is 1. The Kier molecular flexibility index (Phi) is 5.96. The number of nitrogens with one attached hydrogen (secondary N) is 2. The first-order chi connectivity index (χ1) is 18.4. The van der Waals surface area contributed by atoms with Crippen molar-refractivity contribution in [2.45, 2.75) is 42.8 Å². The van der Waals surface area contributed by atoms with E-state index in [1.54, 1.807) is 6.20 Å². The van der Waals surface area contributed by atoms with Crippen molar-refractivity contribution < 1.29 is 26.3 Å². The molecule has 1 aliphatic carbocycles. The maximum absolute atomic E-state index is 13.4. The molecule has 2 aliphatic heterocycles. The van der Waals surface area contributed by atoms with Crippen molar-refractivity contribution in [2.75, 3.05) is 11.9 Å². The van der Waals surface area contributed by atoms with E-state index in [4.69, 9.17) is 12.2 Å². The van der Waals surface area contributed by atoms with Gasteiger partial charge in [-0.15, -0.1) is 6.58 Å². The molecule has 3 heterocycles. The molecule has 1 spiro atoms. The van der Waals surface area contributed by atoms with Gasteiger partial charge >= 0.3 is 12.4 Å². The summed E-state index contributed by atoms with van der Waals surface area (Å²) < 4.78 is 80.3. The summed E-state index contributed by atoms with van der Waals surface area (Å²) >= 11 is 5.47. The van der Waals surface area contributed by atoms with Crippen LogP contribution in [0.25, 0.3) is 10.9 Å². The van der Waals surface area contributed by atoms with Crippen LogP contribution in [0.2, 0.25) is 0 Å². The third kappa shape index (κ3) is 4.26. The van der Waals surface area contributed by atoms with Crippen LogP contribution in [-0.2, 0) is 12.4 Å². The van der Waals surface area contributed by atoms with Crippen LogP contribution in [-0.4, -0.2) is 33.1 Å². The van der Waals surface area contributed by atoms with E-state index < -0.39 is 29.2 Å². The lowest BCUT2D eigenvalue weighted by atomic mass is 9.81. The predicted octanol–water partition coefficient (Wildman–Crippen LogP) is 6.95. The number of aromatic nitrogens is 1. The molecule has 6 rings (SSSR count). The fraction of sp³-hybridized carbons (Fsp3) is 0.357. The summed E-state index contributed by atoms with van der Waals surface area (Å²) in [5.74, 6) is 0.991. The Morgan fingerprint density at radius 2 is 1.77 bits per heavy atom. The summed E-state index contributed by atoms with van der Waals surface area (Å²) in [6.45, 7) is 4.90. The summed E-state index contributed by atoms with van der Waals surface area (Å²) in [6, 6.07) is 10.5. The van der Waals surface area contributed by atoms with Crippen LogP contribution < -0.4 is 10.6 Å². The zero-order valence-corrected chi connectivity index (χ0v) is 21.3. The van der Waals surface area contributed by atoms with E-state index in [2.05, 4.69) is 27.1 Å². The maximum Gasteiger partial charge on any atom is 0.416 e. The molecule has 3 fully saturated rings. The van der Waals surface area contributed by atoms with Gasteiger partial charge in [-0.25, -0.2) is 0 Å². The Bertz CT molecular complexity index is 1430. The molecule has 204 valence electrons. The quantitative estimate of drug-likeness (QED) is 0.200. The molecule has 5 atom stereocenters. The van der Waals surface area contributed by atoms with Crippen molar-refractivity contribution in [3.63, 3.8) is 0 Å². The molecule has 3 unspecified atom stereocenters. The molecule has 11 heteroatoms. The van der Waals surface area contributed by atoms with Gasteiger partial charge in [0.2, 0.25) is 0 Å². The van der Waals surface area contributed by atoms with E-state index in [9.17, 15) is 26.3 Å². The van der Waals surface area contributed by atoms with Crippen molar-refractivity contribution in [1.82, 2.24) is 15.2 Å². The predicted molar refractivity (Wildman–Crippen MR) is 140 cm³/mol. The van der Waals surface area contributed by atoms with Crippen molar-refractivity contribution >= 4 is 33.9 Å². The zero-order chi connectivity index (χ0) is 27.7. The molecule has 0 bridgehead atoms. The lowest BCUT2D eigenvalue weighted by Gasteiger charge is -2.52. The summed E-state index contributed by atoms with van der Waals surface area (Å²) in [4.78, 5) is 6.89. The second kappa shape index (κ2) is 8.92. The molecule has 1 aromatic heterocycles. The highest BCUT2D eigenvalue weighted by atomic mass is 32.1. The van der Waals surface area contributed by atoms with Gasteiger partial charge in [0.05, 0.1) is 22.7 Å². The minimum atomic E-state index is -4.95. The average Bonchev–Trinajstić information content (AvgIpc) is 3.44. The van der Waals surface area contributed by atoms with Gasteiger partial charge < -0.3 is 10.6 Å². The first-order valence-electron chi connectivity index (χ1n) is 12.5. The van der Waals surface area contributed by atoms with Crippen LogP contribution in [0, 0.1) is 11.8 Å². The maximum atomic E-state index is 13.4. The summed E-state index contributed by atoms with van der Waals surface area (Å²) in [5, 5.41) is 6.65. The van der Waals surface area contributed by atoms with Gasteiger partial charge in [-0.2, -0.15) is 26.3 Å². The minimum absolute atomic E-state index is 0.0257. The molecule has 39 heavy (non-hydrogen) atoms. The highest BCUT2D eigenvalue weighted by Gasteiger charge is 2.76. The SMILES string of the molecule is C=CC1C2CCN3[C@@H]([C@H](NC(=S)Nc4cc(C(F)(F)F)cc(C(F)(F)F)c4)c4ccnc5ccccc45)CC123.